The molecule has 29 heavy (non-hydrogen) atoms. The molecule has 1 amide bonds. The van der Waals surface area contributed by atoms with Crippen LogP contribution in [0.25, 0.3) is 6.08 Å². The number of nitrogens with one attached hydrogen (secondary N) is 1. The first-order valence-corrected chi connectivity index (χ1v) is 9.13. The molecule has 8 heteroatoms. The van der Waals surface area contributed by atoms with E-state index < -0.39 is 18.5 Å². The van der Waals surface area contributed by atoms with Crippen LogP contribution in [0.15, 0.2) is 42.5 Å². The van der Waals surface area contributed by atoms with Gasteiger partial charge in [-0.25, -0.2) is 4.79 Å². The summed E-state index contributed by atoms with van der Waals surface area (Å²) in [5, 5.41) is 2.97. The minimum absolute atomic E-state index is 0.351. The maximum absolute atomic E-state index is 11.9. The van der Waals surface area contributed by atoms with Crippen molar-refractivity contribution in [2.24, 2.45) is 0 Å². The van der Waals surface area contributed by atoms with Crippen LogP contribution in [-0.4, -0.2) is 39.3 Å². The summed E-state index contributed by atoms with van der Waals surface area (Å²) in [4.78, 5) is 23.8. The summed E-state index contributed by atoms with van der Waals surface area (Å²) < 4.78 is 20.7. The van der Waals surface area contributed by atoms with E-state index in [1.54, 1.807) is 36.4 Å². The Labute approximate surface area is 174 Å². The summed E-state index contributed by atoms with van der Waals surface area (Å²) in [5.74, 6) is 0.352. The number of esters is 1. The number of carbonyl (C=O) groups is 2. The zero-order chi connectivity index (χ0) is 21.2. The molecule has 154 valence electrons. The lowest BCUT2D eigenvalue weighted by Gasteiger charge is -2.11. The Kier molecular flexibility index (Phi) is 8.36. The lowest BCUT2D eigenvalue weighted by Crippen LogP contribution is -2.20. The van der Waals surface area contributed by atoms with Gasteiger partial charge in [0, 0.05) is 17.8 Å². The molecular formula is C21H22ClNO6. The maximum atomic E-state index is 11.9. The third-order valence-corrected chi connectivity index (χ3v) is 3.93. The molecule has 0 saturated heterocycles. The predicted molar refractivity (Wildman–Crippen MR) is 111 cm³/mol. The van der Waals surface area contributed by atoms with Gasteiger partial charge in [0.2, 0.25) is 0 Å². The third-order valence-electron chi connectivity index (χ3n) is 3.65. The number of benzene rings is 2. The number of ether oxygens (including phenoxy) is 4. The van der Waals surface area contributed by atoms with E-state index in [1.165, 1.54) is 26.4 Å². The Balaban J connectivity index is 1.93. The van der Waals surface area contributed by atoms with Crippen molar-refractivity contribution in [3.8, 4) is 17.2 Å². The zero-order valence-electron chi connectivity index (χ0n) is 16.4. The van der Waals surface area contributed by atoms with Gasteiger partial charge in [-0.1, -0.05) is 17.7 Å². The lowest BCUT2D eigenvalue weighted by atomic mass is 10.2. The van der Waals surface area contributed by atoms with E-state index in [4.69, 9.17) is 30.5 Å². The minimum Gasteiger partial charge on any atom is -0.497 e. The summed E-state index contributed by atoms with van der Waals surface area (Å²) in [5.41, 5.74) is 1.16. The molecule has 0 spiro atoms. The van der Waals surface area contributed by atoms with Crippen LogP contribution in [0, 0.1) is 0 Å². The number of rotatable bonds is 9. The molecule has 0 radical (unpaired) electrons. The molecule has 0 bridgehead atoms. The Morgan fingerprint density at radius 3 is 2.62 bits per heavy atom. The van der Waals surface area contributed by atoms with E-state index in [9.17, 15) is 9.59 Å². The van der Waals surface area contributed by atoms with Crippen LogP contribution < -0.4 is 19.5 Å². The second-order valence-electron chi connectivity index (χ2n) is 5.69. The van der Waals surface area contributed by atoms with Gasteiger partial charge in [0.15, 0.2) is 18.1 Å². The molecule has 0 aliphatic rings. The van der Waals surface area contributed by atoms with Gasteiger partial charge in [0.25, 0.3) is 5.91 Å². The van der Waals surface area contributed by atoms with Crippen molar-refractivity contribution in [2.75, 3.05) is 32.8 Å². The number of hydrogen-bond acceptors (Lipinski definition) is 6. The molecule has 0 unspecified atom stereocenters. The fraction of sp³-hybridized carbons (Fsp3) is 0.238. The smallest absolute Gasteiger partial charge is 0.331 e. The summed E-state index contributed by atoms with van der Waals surface area (Å²) in [7, 11) is 3.02. The average Bonchev–Trinajstić information content (AvgIpc) is 2.71. The van der Waals surface area contributed by atoms with E-state index in [2.05, 4.69) is 5.32 Å². The van der Waals surface area contributed by atoms with Gasteiger partial charge in [-0.15, -0.1) is 0 Å². The Hall–Kier alpha value is -3.19. The summed E-state index contributed by atoms with van der Waals surface area (Å²) in [6.45, 7) is 1.85. The van der Waals surface area contributed by atoms with Gasteiger partial charge in [0.05, 0.1) is 25.8 Å². The molecule has 2 aromatic carbocycles. The molecule has 0 heterocycles. The first kappa shape index (κ1) is 22.1. The predicted octanol–water partition coefficient (Wildman–Crippen LogP) is 3.95. The van der Waals surface area contributed by atoms with Crippen molar-refractivity contribution in [1.82, 2.24) is 0 Å². The average molecular weight is 420 g/mol. The van der Waals surface area contributed by atoms with Crippen LogP contribution in [-0.2, 0) is 14.3 Å². The number of halogens is 1. The van der Waals surface area contributed by atoms with Crippen LogP contribution in [0.1, 0.15) is 12.5 Å². The van der Waals surface area contributed by atoms with Crippen LogP contribution in [0.3, 0.4) is 0 Å². The molecule has 2 aromatic rings. The van der Waals surface area contributed by atoms with Crippen molar-refractivity contribution in [2.45, 2.75) is 6.92 Å². The van der Waals surface area contributed by atoms with E-state index in [-0.39, 0.29) is 0 Å². The second kappa shape index (κ2) is 11.0. The fourth-order valence-corrected chi connectivity index (χ4v) is 2.69. The lowest BCUT2D eigenvalue weighted by molar-refractivity contribution is -0.142. The molecule has 0 aliphatic carbocycles. The summed E-state index contributed by atoms with van der Waals surface area (Å²) in [6, 6.07) is 10.2. The molecule has 0 aliphatic heterocycles. The largest absolute Gasteiger partial charge is 0.497 e. The van der Waals surface area contributed by atoms with Crippen LogP contribution in [0.2, 0.25) is 5.02 Å². The van der Waals surface area contributed by atoms with Gasteiger partial charge in [-0.2, -0.15) is 0 Å². The van der Waals surface area contributed by atoms with Gasteiger partial charge in [0.1, 0.15) is 5.75 Å². The van der Waals surface area contributed by atoms with Gasteiger partial charge in [-0.05, 0) is 42.8 Å². The third kappa shape index (κ3) is 6.73. The quantitative estimate of drug-likeness (QED) is 0.489. The SMILES string of the molecule is CCOc1cc(/C=C/C(=O)OCC(=O)Nc2cccc(OC)c2)cc(Cl)c1OC. The first-order valence-electron chi connectivity index (χ1n) is 8.75. The van der Waals surface area contributed by atoms with Crippen LogP contribution in [0.5, 0.6) is 17.2 Å². The number of methoxy groups -OCH3 is 2. The molecule has 0 atom stereocenters. The number of carbonyl (C=O) groups excluding carboxylic acids is 2. The first-order chi connectivity index (χ1) is 14.0. The van der Waals surface area contributed by atoms with Gasteiger partial charge in [-0.3, -0.25) is 4.79 Å². The highest BCUT2D eigenvalue weighted by Gasteiger charge is 2.11. The second-order valence-corrected chi connectivity index (χ2v) is 6.10. The molecule has 0 saturated carbocycles. The minimum atomic E-state index is -0.671. The Morgan fingerprint density at radius 1 is 1.14 bits per heavy atom. The number of anilines is 1. The van der Waals surface area contributed by atoms with E-state index in [1.807, 2.05) is 6.92 Å². The standard InChI is InChI=1S/C21H22ClNO6/c1-4-28-18-11-14(10-17(22)21(18)27-3)8-9-20(25)29-13-19(24)23-15-6-5-7-16(12-15)26-2/h5-12H,4,13H2,1-3H3,(H,23,24)/b9-8+. The summed E-state index contributed by atoms with van der Waals surface area (Å²) in [6.07, 6.45) is 2.71. The zero-order valence-corrected chi connectivity index (χ0v) is 17.1. The Bertz CT molecular complexity index is 897. The topological polar surface area (TPSA) is 83.1 Å². The van der Waals surface area contributed by atoms with Crippen molar-refractivity contribution < 1.29 is 28.5 Å². The monoisotopic (exact) mass is 419 g/mol. The number of hydrogen-bond donors (Lipinski definition) is 1. The fourth-order valence-electron chi connectivity index (χ4n) is 2.39. The van der Waals surface area contributed by atoms with Gasteiger partial charge >= 0.3 is 5.97 Å². The van der Waals surface area contributed by atoms with E-state index in [0.29, 0.717) is 40.1 Å². The molecule has 2 rings (SSSR count). The van der Waals surface area contributed by atoms with Crippen LogP contribution in [0.4, 0.5) is 5.69 Å². The van der Waals surface area contributed by atoms with E-state index in [0.717, 1.165) is 0 Å². The van der Waals surface area contributed by atoms with Crippen molar-refractivity contribution >= 4 is 35.2 Å². The normalized spacial score (nSPS) is 10.5. The Morgan fingerprint density at radius 2 is 1.93 bits per heavy atom. The van der Waals surface area contributed by atoms with Crippen molar-refractivity contribution in [3.63, 3.8) is 0 Å². The highest BCUT2D eigenvalue weighted by atomic mass is 35.5. The maximum Gasteiger partial charge on any atom is 0.331 e. The molecule has 0 aromatic heterocycles. The summed E-state index contributed by atoms with van der Waals surface area (Å²) >= 11 is 6.17. The van der Waals surface area contributed by atoms with E-state index >= 15 is 0 Å². The molecule has 7 nitrogen and oxygen atoms in total. The van der Waals surface area contributed by atoms with Gasteiger partial charge < -0.3 is 24.3 Å². The highest BCUT2D eigenvalue weighted by molar-refractivity contribution is 6.32. The highest BCUT2D eigenvalue weighted by Crippen LogP contribution is 2.36. The van der Waals surface area contributed by atoms with Crippen molar-refractivity contribution in [1.29, 1.82) is 0 Å². The molecule has 0 fully saturated rings. The molecular weight excluding hydrogens is 398 g/mol. The number of amides is 1. The molecule has 1 N–H and O–H groups in total. The van der Waals surface area contributed by atoms with Crippen LogP contribution >= 0.6 is 11.6 Å². The van der Waals surface area contributed by atoms with Crippen molar-refractivity contribution in [3.05, 3.63) is 53.1 Å².